The van der Waals surface area contributed by atoms with E-state index in [-0.39, 0.29) is 13.2 Å². The minimum atomic E-state index is -1.08. The Hall–Kier alpha value is -0.610. The predicted octanol–water partition coefficient (Wildman–Crippen LogP) is -1.12. The molecule has 0 rings (SSSR count). The zero-order valence-electron chi connectivity index (χ0n) is 4.37. The smallest absolute Gasteiger partial charge is 0.303 e. The van der Waals surface area contributed by atoms with Crippen LogP contribution in [0.25, 0.3) is 0 Å². The van der Waals surface area contributed by atoms with Crippen LogP contribution in [-0.2, 0) is 4.79 Å². The molecule has 0 aliphatic heterocycles. The van der Waals surface area contributed by atoms with Gasteiger partial charge in [-0.2, -0.15) is 0 Å². The van der Waals surface area contributed by atoms with Crippen molar-refractivity contribution < 1.29 is 20.1 Å². The Labute approximate surface area is 47.4 Å². The topological polar surface area (TPSA) is 77.8 Å². The molecule has 0 aliphatic carbocycles. The van der Waals surface area contributed by atoms with Crippen LogP contribution >= 0.6 is 0 Å². The highest BCUT2D eigenvalue weighted by molar-refractivity contribution is 5.71. The minimum Gasteiger partial charge on any atom is -0.481 e. The Morgan fingerprint density at radius 3 is 1.50 bits per heavy atom. The van der Waals surface area contributed by atoms with Gasteiger partial charge in [0.2, 0.25) is 0 Å². The second kappa shape index (κ2) is 9.63. The lowest BCUT2D eigenvalue weighted by atomic mass is 10.8. The van der Waals surface area contributed by atoms with Gasteiger partial charge in [0.15, 0.2) is 0 Å². The van der Waals surface area contributed by atoms with E-state index >= 15 is 0 Å². The number of aliphatic hydroxyl groups is 2. The van der Waals surface area contributed by atoms with Gasteiger partial charge in [-0.1, -0.05) is 0 Å². The standard InChI is InChI=1S/C2H3O2.C2H6O2/c1-2(3)4;3-1-2-4/h1H2,(H,3,4);3-4H,1-2H2. The molecule has 3 N–H and O–H groups in total. The van der Waals surface area contributed by atoms with Gasteiger partial charge in [0.25, 0.3) is 0 Å². The van der Waals surface area contributed by atoms with Crippen LogP contribution in [0.1, 0.15) is 0 Å². The van der Waals surface area contributed by atoms with Crippen LogP contribution in [0.5, 0.6) is 0 Å². The molecular formula is C4H9O4. The quantitative estimate of drug-likeness (QED) is 0.410. The Morgan fingerprint density at radius 2 is 1.50 bits per heavy atom. The fourth-order valence-electron chi connectivity index (χ4n) is 0. The molecule has 0 heterocycles. The van der Waals surface area contributed by atoms with Crippen LogP contribution < -0.4 is 0 Å². The largest absolute Gasteiger partial charge is 0.481 e. The lowest BCUT2D eigenvalue weighted by molar-refractivity contribution is -0.131. The van der Waals surface area contributed by atoms with E-state index in [1.165, 1.54) is 0 Å². The summed E-state index contributed by atoms with van der Waals surface area (Å²) in [6.07, 6.45) is 0. The second-order valence-corrected chi connectivity index (χ2v) is 0.841. The molecule has 8 heavy (non-hydrogen) atoms. The van der Waals surface area contributed by atoms with Crippen molar-refractivity contribution in [2.45, 2.75) is 0 Å². The first-order valence-electron chi connectivity index (χ1n) is 1.91. The highest BCUT2D eigenvalue weighted by atomic mass is 16.4. The number of carboxylic acids is 1. The summed E-state index contributed by atoms with van der Waals surface area (Å²) >= 11 is 0. The number of rotatable bonds is 1. The number of carbonyl (C=O) groups is 1. The van der Waals surface area contributed by atoms with Gasteiger partial charge in [-0.3, -0.25) is 4.79 Å². The second-order valence-electron chi connectivity index (χ2n) is 0.841. The van der Waals surface area contributed by atoms with E-state index in [1.54, 1.807) is 0 Å². The minimum absolute atomic E-state index is 0.125. The molecular weight excluding hydrogens is 112 g/mol. The van der Waals surface area contributed by atoms with Crippen LogP contribution in [0.15, 0.2) is 0 Å². The third kappa shape index (κ3) is 683. The monoisotopic (exact) mass is 121 g/mol. The number of hydrogen-bond acceptors (Lipinski definition) is 3. The molecule has 0 aromatic rings. The Morgan fingerprint density at radius 1 is 1.38 bits per heavy atom. The molecule has 4 heteroatoms. The van der Waals surface area contributed by atoms with Crippen LogP contribution in [-0.4, -0.2) is 34.5 Å². The Kier molecular flexibility index (Phi) is 12.5. The number of aliphatic carboxylic acids is 1. The first-order valence-corrected chi connectivity index (χ1v) is 1.91. The molecule has 4 nitrogen and oxygen atoms in total. The van der Waals surface area contributed by atoms with Gasteiger partial charge < -0.3 is 15.3 Å². The molecule has 0 amide bonds. The van der Waals surface area contributed by atoms with Crippen molar-refractivity contribution in [1.29, 1.82) is 0 Å². The Bertz CT molecular complexity index is 46.0. The molecule has 0 aliphatic rings. The lowest BCUT2D eigenvalue weighted by Crippen LogP contribution is -1.85. The van der Waals surface area contributed by atoms with Crippen molar-refractivity contribution in [2.24, 2.45) is 0 Å². The third-order valence-electron chi connectivity index (χ3n) is 0.1000. The molecule has 0 unspecified atom stereocenters. The fourth-order valence-corrected chi connectivity index (χ4v) is 0. The molecule has 49 valence electrons. The zero-order valence-corrected chi connectivity index (χ0v) is 4.37. The molecule has 0 atom stereocenters. The summed E-state index contributed by atoms with van der Waals surface area (Å²) in [6, 6.07) is 0. The zero-order chi connectivity index (χ0) is 6.99. The van der Waals surface area contributed by atoms with Crippen molar-refractivity contribution in [3.63, 3.8) is 0 Å². The van der Waals surface area contributed by atoms with Crippen LogP contribution in [0, 0.1) is 6.92 Å². The third-order valence-corrected chi connectivity index (χ3v) is 0.1000. The maximum absolute atomic E-state index is 8.89. The van der Waals surface area contributed by atoms with E-state index < -0.39 is 5.97 Å². The van der Waals surface area contributed by atoms with Gasteiger partial charge >= 0.3 is 5.97 Å². The Balaban J connectivity index is 0. The molecule has 0 spiro atoms. The first-order chi connectivity index (χ1) is 3.65. The van der Waals surface area contributed by atoms with E-state index in [4.69, 9.17) is 20.1 Å². The number of hydrogen-bond donors (Lipinski definition) is 3. The highest BCUT2D eigenvalue weighted by Crippen LogP contribution is 1.40. The summed E-state index contributed by atoms with van der Waals surface area (Å²) in [7, 11) is 0. The highest BCUT2D eigenvalue weighted by Gasteiger charge is 1.66. The van der Waals surface area contributed by atoms with Crippen molar-refractivity contribution in [3.8, 4) is 0 Å². The summed E-state index contributed by atoms with van der Waals surface area (Å²) in [4.78, 5) is 8.89. The van der Waals surface area contributed by atoms with E-state index in [2.05, 4.69) is 6.92 Å². The van der Waals surface area contributed by atoms with Crippen LogP contribution in [0.2, 0.25) is 0 Å². The average Bonchev–Trinajstić information content (AvgIpc) is 1.65. The van der Waals surface area contributed by atoms with Crippen LogP contribution in [0.4, 0.5) is 0 Å². The van der Waals surface area contributed by atoms with Gasteiger partial charge in [0, 0.05) is 0 Å². The number of aliphatic hydroxyl groups excluding tert-OH is 2. The summed E-state index contributed by atoms with van der Waals surface area (Å²) in [5.41, 5.74) is 0. The van der Waals surface area contributed by atoms with E-state index in [9.17, 15) is 0 Å². The van der Waals surface area contributed by atoms with E-state index in [0.717, 1.165) is 0 Å². The van der Waals surface area contributed by atoms with Crippen molar-refractivity contribution in [1.82, 2.24) is 0 Å². The van der Waals surface area contributed by atoms with Crippen molar-refractivity contribution >= 4 is 5.97 Å². The summed E-state index contributed by atoms with van der Waals surface area (Å²) in [6.45, 7) is 2.31. The average molecular weight is 121 g/mol. The molecule has 0 aromatic heterocycles. The summed E-state index contributed by atoms with van der Waals surface area (Å²) in [5, 5.41) is 22.6. The van der Waals surface area contributed by atoms with Gasteiger partial charge in [-0.05, 0) is 0 Å². The van der Waals surface area contributed by atoms with Crippen LogP contribution in [0.3, 0.4) is 0 Å². The molecule has 0 fully saturated rings. The van der Waals surface area contributed by atoms with Crippen molar-refractivity contribution in [2.75, 3.05) is 13.2 Å². The molecule has 0 bridgehead atoms. The maximum atomic E-state index is 8.89. The van der Waals surface area contributed by atoms with Gasteiger partial charge in [-0.15, -0.1) is 0 Å². The molecule has 1 radical (unpaired) electrons. The maximum Gasteiger partial charge on any atom is 0.303 e. The molecule has 0 aromatic carbocycles. The van der Waals surface area contributed by atoms with Crippen molar-refractivity contribution in [3.05, 3.63) is 6.92 Å². The van der Waals surface area contributed by atoms with E-state index in [0.29, 0.717) is 0 Å². The van der Waals surface area contributed by atoms with E-state index in [1.807, 2.05) is 0 Å². The molecule has 0 saturated heterocycles. The first kappa shape index (κ1) is 10.4. The van der Waals surface area contributed by atoms with Gasteiger partial charge in [0.1, 0.15) is 0 Å². The normalized spacial score (nSPS) is 6.88. The fraction of sp³-hybridized carbons (Fsp3) is 0.500. The lowest BCUT2D eigenvalue weighted by Gasteiger charge is -1.70. The summed E-state index contributed by atoms with van der Waals surface area (Å²) in [5.74, 6) is -1.08. The molecule has 0 saturated carbocycles. The predicted molar refractivity (Wildman–Crippen MR) is 27.2 cm³/mol. The number of carboxylic acid groups (broad SMARTS) is 1. The van der Waals surface area contributed by atoms with Gasteiger partial charge in [-0.25, -0.2) is 0 Å². The van der Waals surface area contributed by atoms with Gasteiger partial charge in [0.05, 0.1) is 20.1 Å². The summed E-state index contributed by atoms with van der Waals surface area (Å²) < 4.78 is 0. The SMILES string of the molecule is OCCO.[CH2]C(=O)O.